The Bertz CT molecular complexity index is 1700. The van der Waals surface area contributed by atoms with Crippen LogP contribution in [0.15, 0.2) is 60.7 Å². The number of unbranched alkanes of at least 4 members (excludes halogenated alkanes) is 1. The van der Waals surface area contributed by atoms with Crippen LogP contribution in [0.1, 0.15) is 76.3 Å². The monoisotopic (exact) mass is 833 g/mol. The maximum Gasteiger partial charge on any atom is 0.490 e. The standard InChI is InChI=1S/C39H57N7O6.C2HF3O2/c1-27(2)23-31(34(48)44-30(15-9-10-20-40)36(50)46-21-18-39(41,19-22-46)37(51)52)45-35(49)32(24-28-11-5-3-6-12-28)43-33(47)25-42-26-38(16-17-38)29-13-7-4-8-14-29;3-2(4,5)1(6)7/h3-8,11-14,27,30-32,42H,9-10,15-26,40-41H2,1-2H3,(H,43,47)(H,44,48)(H,45,49)(H,51,52);(H,6,7). The number of likely N-dealkylation sites (tertiary alicyclic amines) is 1. The van der Waals surface area contributed by atoms with Gasteiger partial charge in [0, 0.05) is 31.5 Å². The van der Waals surface area contributed by atoms with E-state index >= 15 is 0 Å². The highest BCUT2D eigenvalue weighted by Crippen LogP contribution is 2.47. The van der Waals surface area contributed by atoms with E-state index in [0.29, 0.717) is 38.8 Å². The lowest BCUT2D eigenvalue weighted by atomic mass is 9.88. The van der Waals surface area contributed by atoms with E-state index in [9.17, 15) is 42.3 Å². The summed E-state index contributed by atoms with van der Waals surface area (Å²) in [6, 6.07) is 16.8. The van der Waals surface area contributed by atoms with Gasteiger partial charge < -0.3 is 47.8 Å². The average molecular weight is 834 g/mol. The number of carboxylic acids is 2. The molecule has 326 valence electrons. The third-order valence-corrected chi connectivity index (χ3v) is 10.5. The normalized spacial score (nSPS) is 17.0. The molecule has 3 unspecified atom stereocenters. The van der Waals surface area contributed by atoms with Gasteiger partial charge in [-0.1, -0.05) is 74.5 Å². The molecule has 4 amide bonds. The van der Waals surface area contributed by atoms with E-state index in [1.165, 1.54) is 5.56 Å². The topological polar surface area (TPSA) is 246 Å². The third kappa shape index (κ3) is 15.6. The molecule has 0 spiro atoms. The second-order valence-corrected chi connectivity index (χ2v) is 15.7. The molecule has 1 heterocycles. The van der Waals surface area contributed by atoms with Gasteiger partial charge in [0.2, 0.25) is 23.6 Å². The number of amides is 4. The van der Waals surface area contributed by atoms with E-state index in [4.69, 9.17) is 21.4 Å². The zero-order chi connectivity index (χ0) is 43.8. The molecule has 1 aliphatic carbocycles. The van der Waals surface area contributed by atoms with Crippen molar-refractivity contribution in [3.05, 3.63) is 71.8 Å². The molecule has 1 saturated heterocycles. The summed E-state index contributed by atoms with van der Waals surface area (Å²) in [7, 11) is 0. The van der Waals surface area contributed by atoms with E-state index in [-0.39, 0.29) is 62.0 Å². The smallest absolute Gasteiger partial charge is 0.480 e. The Morgan fingerprint density at radius 2 is 1.34 bits per heavy atom. The maximum absolute atomic E-state index is 13.9. The van der Waals surface area contributed by atoms with Gasteiger partial charge in [-0.3, -0.25) is 24.0 Å². The minimum absolute atomic E-state index is 0.0176. The number of alkyl halides is 3. The highest BCUT2D eigenvalue weighted by Gasteiger charge is 2.44. The molecule has 4 rings (SSSR count). The molecular formula is C41H58F3N7O8. The molecule has 0 bridgehead atoms. The molecule has 0 aromatic heterocycles. The van der Waals surface area contributed by atoms with E-state index < -0.39 is 53.6 Å². The second kappa shape index (κ2) is 22.3. The molecule has 2 aromatic carbocycles. The fourth-order valence-electron chi connectivity index (χ4n) is 6.79. The predicted molar refractivity (Wildman–Crippen MR) is 213 cm³/mol. The molecule has 0 radical (unpaired) electrons. The highest BCUT2D eigenvalue weighted by molar-refractivity contribution is 5.94. The number of piperidine rings is 1. The van der Waals surface area contributed by atoms with Gasteiger partial charge in [0.15, 0.2) is 0 Å². The summed E-state index contributed by atoms with van der Waals surface area (Å²) >= 11 is 0. The van der Waals surface area contributed by atoms with Gasteiger partial charge >= 0.3 is 18.1 Å². The van der Waals surface area contributed by atoms with Crippen molar-refractivity contribution >= 4 is 35.6 Å². The molecule has 2 fully saturated rings. The number of rotatable bonds is 20. The first-order valence-corrected chi connectivity index (χ1v) is 19.8. The number of hydrogen-bond acceptors (Lipinski definition) is 9. The van der Waals surface area contributed by atoms with Crippen LogP contribution in [-0.2, 0) is 40.6 Å². The van der Waals surface area contributed by atoms with Crippen molar-refractivity contribution in [3.63, 3.8) is 0 Å². The van der Waals surface area contributed by atoms with Crippen molar-refractivity contribution in [3.8, 4) is 0 Å². The number of nitrogens with two attached hydrogens (primary N) is 2. The Kier molecular flexibility index (Phi) is 18.3. The molecule has 1 saturated carbocycles. The van der Waals surface area contributed by atoms with Crippen LogP contribution in [0.2, 0.25) is 0 Å². The van der Waals surface area contributed by atoms with Gasteiger partial charge in [0.1, 0.15) is 23.7 Å². The number of aliphatic carboxylic acids is 2. The molecular weight excluding hydrogens is 775 g/mol. The maximum atomic E-state index is 13.9. The molecule has 2 aromatic rings. The van der Waals surface area contributed by atoms with Gasteiger partial charge in [0.05, 0.1) is 6.54 Å². The number of halogens is 3. The van der Waals surface area contributed by atoms with E-state index in [0.717, 1.165) is 18.4 Å². The molecule has 1 aliphatic heterocycles. The fourth-order valence-corrected chi connectivity index (χ4v) is 6.79. The first-order valence-electron chi connectivity index (χ1n) is 19.8. The van der Waals surface area contributed by atoms with E-state index in [2.05, 4.69) is 33.4 Å². The van der Waals surface area contributed by atoms with Gasteiger partial charge in [-0.2, -0.15) is 13.2 Å². The third-order valence-electron chi connectivity index (χ3n) is 10.5. The molecule has 2 aliphatic rings. The van der Waals surface area contributed by atoms with E-state index in [1.807, 2.05) is 62.4 Å². The summed E-state index contributed by atoms with van der Waals surface area (Å²) in [5.41, 5.74) is 12.4. The summed E-state index contributed by atoms with van der Waals surface area (Å²) < 4.78 is 31.7. The van der Waals surface area contributed by atoms with Crippen molar-refractivity contribution < 1.29 is 52.2 Å². The van der Waals surface area contributed by atoms with Crippen molar-refractivity contribution in [2.24, 2.45) is 17.4 Å². The molecule has 3 atom stereocenters. The summed E-state index contributed by atoms with van der Waals surface area (Å²) in [4.78, 5) is 76.8. The molecule has 10 N–H and O–H groups in total. The van der Waals surface area contributed by atoms with Crippen LogP contribution in [0.4, 0.5) is 13.2 Å². The number of carboxylic acid groups (broad SMARTS) is 2. The number of carbonyl (C=O) groups excluding carboxylic acids is 4. The van der Waals surface area contributed by atoms with Crippen LogP contribution < -0.4 is 32.7 Å². The molecule has 15 nitrogen and oxygen atoms in total. The summed E-state index contributed by atoms with van der Waals surface area (Å²) in [6.07, 6.45) is -0.711. The SMILES string of the molecule is CC(C)CC(NC(=O)C(Cc1ccccc1)NC(=O)CNCC1(c2ccccc2)CC1)C(=O)NC(CCCCN)C(=O)N1CCC(N)(C(=O)O)CC1.O=C(O)C(F)(F)F. The summed E-state index contributed by atoms with van der Waals surface area (Å²) in [6.45, 7) is 5.28. The number of nitrogens with zero attached hydrogens (tertiary/aromatic N) is 1. The predicted octanol–water partition coefficient (Wildman–Crippen LogP) is 2.22. The Morgan fingerprint density at radius 1 is 0.797 bits per heavy atom. The Hall–Kier alpha value is -5.07. The quantitative estimate of drug-likeness (QED) is 0.0900. The van der Waals surface area contributed by atoms with Gasteiger partial charge in [-0.25, -0.2) is 4.79 Å². The van der Waals surface area contributed by atoms with Crippen LogP contribution in [0, 0.1) is 5.92 Å². The minimum atomic E-state index is -5.08. The zero-order valence-corrected chi connectivity index (χ0v) is 33.6. The molecule has 18 heteroatoms. The van der Waals surface area contributed by atoms with E-state index in [1.54, 1.807) is 4.90 Å². The van der Waals surface area contributed by atoms with Gasteiger partial charge in [-0.15, -0.1) is 0 Å². The lowest BCUT2D eigenvalue weighted by Crippen LogP contribution is -2.60. The van der Waals surface area contributed by atoms with Crippen molar-refractivity contribution in [1.29, 1.82) is 0 Å². The van der Waals surface area contributed by atoms with Gasteiger partial charge in [0.25, 0.3) is 0 Å². The number of hydrogen-bond donors (Lipinski definition) is 8. The Morgan fingerprint density at radius 3 is 1.85 bits per heavy atom. The first-order chi connectivity index (χ1) is 27.8. The number of carbonyl (C=O) groups is 6. The van der Waals surface area contributed by atoms with Crippen LogP contribution >= 0.6 is 0 Å². The van der Waals surface area contributed by atoms with Crippen LogP contribution in [0.5, 0.6) is 0 Å². The second-order valence-electron chi connectivity index (χ2n) is 15.7. The van der Waals surface area contributed by atoms with Crippen molar-refractivity contribution in [1.82, 2.24) is 26.2 Å². The zero-order valence-electron chi connectivity index (χ0n) is 33.6. The minimum Gasteiger partial charge on any atom is -0.480 e. The van der Waals surface area contributed by atoms with Crippen molar-refractivity contribution in [2.75, 3.05) is 32.7 Å². The lowest BCUT2D eigenvalue weighted by Gasteiger charge is -2.38. The number of nitrogens with one attached hydrogen (secondary N) is 4. The Labute approximate surface area is 342 Å². The van der Waals surface area contributed by atoms with Gasteiger partial charge in [-0.05, 0) is 75.0 Å². The highest BCUT2D eigenvalue weighted by atomic mass is 19.4. The van der Waals surface area contributed by atoms with Crippen molar-refractivity contribution in [2.45, 2.75) is 107 Å². The number of benzene rings is 2. The molecule has 59 heavy (non-hydrogen) atoms. The largest absolute Gasteiger partial charge is 0.490 e. The van der Waals surface area contributed by atoms with Crippen LogP contribution in [0.3, 0.4) is 0 Å². The summed E-state index contributed by atoms with van der Waals surface area (Å²) in [5, 5.41) is 28.6. The lowest BCUT2D eigenvalue weighted by molar-refractivity contribution is -0.192. The Balaban J connectivity index is 0.00000122. The van der Waals surface area contributed by atoms with Crippen LogP contribution in [0.25, 0.3) is 0 Å². The fraction of sp³-hybridized carbons (Fsp3) is 0.561. The summed E-state index contributed by atoms with van der Waals surface area (Å²) in [5.74, 6) is -5.51. The first kappa shape index (κ1) is 48.3. The van der Waals surface area contributed by atoms with Crippen LogP contribution in [-0.4, -0.2) is 113 Å². The average Bonchev–Trinajstić information content (AvgIpc) is 3.98.